The molecule has 1 aromatic rings. The topological polar surface area (TPSA) is 78.6 Å². The predicted molar refractivity (Wildman–Crippen MR) is 78.1 cm³/mol. The maximum absolute atomic E-state index is 10.9. The minimum Gasteiger partial charge on any atom is -0.446 e. The van der Waals surface area contributed by atoms with E-state index in [-0.39, 0.29) is 18.3 Å². The van der Waals surface area contributed by atoms with E-state index in [1.165, 1.54) is 6.26 Å². The van der Waals surface area contributed by atoms with E-state index in [2.05, 4.69) is 43.0 Å². The van der Waals surface area contributed by atoms with Gasteiger partial charge >= 0.3 is 0 Å². The molecule has 0 saturated carbocycles. The molecule has 0 atom stereocenters. The molecule has 1 rings (SSSR count). The van der Waals surface area contributed by atoms with E-state index in [4.69, 9.17) is 8.84 Å². The van der Waals surface area contributed by atoms with Crippen molar-refractivity contribution in [1.82, 2.24) is 4.98 Å². The monoisotopic (exact) mass is 321 g/mol. The van der Waals surface area contributed by atoms with Crippen molar-refractivity contribution in [3.05, 3.63) is 17.8 Å². The van der Waals surface area contributed by atoms with Gasteiger partial charge in [-0.25, -0.2) is 4.98 Å². The Hall–Kier alpha value is -0.703. The molecule has 0 aliphatic rings. The van der Waals surface area contributed by atoms with E-state index in [9.17, 15) is 8.42 Å². The normalized spacial score (nSPS) is 13.7. The lowest BCUT2D eigenvalue weighted by molar-refractivity contribution is 0.240. The highest BCUT2D eigenvalue weighted by atomic mass is 32.2. The third kappa shape index (κ3) is 5.35. The quantitative estimate of drug-likeness (QED) is 0.592. The second-order valence-corrected chi connectivity index (χ2v) is 12.7. The molecular weight excluding hydrogens is 298 g/mol. The molecule has 0 radical (unpaired) electrons. The second kappa shape index (κ2) is 5.96. The minimum atomic E-state index is -3.47. The summed E-state index contributed by atoms with van der Waals surface area (Å²) in [5, 5.41) is 0.113. The molecule has 6 nitrogen and oxygen atoms in total. The van der Waals surface area contributed by atoms with E-state index in [1.54, 1.807) is 0 Å². The third-order valence-electron chi connectivity index (χ3n) is 3.38. The van der Waals surface area contributed by atoms with Gasteiger partial charge in [-0.1, -0.05) is 20.8 Å². The number of aromatic nitrogens is 1. The third-order valence-corrected chi connectivity index (χ3v) is 8.41. The first-order valence-electron chi connectivity index (χ1n) is 6.32. The molecule has 0 amide bonds. The Morgan fingerprint density at radius 1 is 1.30 bits per heavy atom. The summed E-state index contributed by atoms with van der Waals surface area (Å²) in [7, 11) is -5.33. The molecule has 0 N–H and O–H groups in total. The number of hydrogen-bond acceptors (Lipinski definition) is 6. The van der Waals surface area contributed by atoms with Crippen molar-refractivity contribution in [1.29, 1.82) is 0 Å². The van der Waals surface area contributed by atoms with Gasteiger partial charge < -0.3 is 8.84 Å². The number of nitrogens with zero attached hydrogens (tertiary/aromatic N) is 1. The molecule has 116 valence electrons. The molecule has 0 saturated heterocycles. The summed E-state index contributed by atoms with van der Waals surface area (Å²) >= 11 is 0. The lowest BCUT2D eigenvalue weighted by Crippen LogP contribution is -2.40. The Morgan fingerprint density at radius 2 is 1.90 bits per heavy atom. The molecule has 0 spiro atoms. The number of oxazole rings is 1. The first-order valence-corrected chi connectivity index (χ1v) is 11.0. The predicted octanol–water partition coefficient (Wildman–Crippen LogP) is 2.67. The first kappa shape index (κ1) is 17.3. The average Bonchev–Trinajstić information content (AvgIpc) is 2.69. The summed E-state index contributed by atoms with van der Waals surface area (Å²) in [6, 6.07) is 0. The summed E-state index contributed by atoms with van der Waals surface area (Å²) in [6.07, 6.45) is 2.38. The average molecular weight is 321 g/mol. The van der Waals surface area contributed by atoms with Gasteiger partial charge in [0.1, 0.15) is 25.2 Å². The minimum absolute atomic E-state index is 0.113. The van der Waals surface area contributed by atoms with Crippen LogP contribution in [0.25, 0.3) is 0 Å². The van der Waals surface area contributed by atoms with Crippen molar-refractivity contribution in [2.75, 3.05) is 6.26 Å². The van der Waals surface area contributed by atoms with Crippen molar-refractivity contribution in [2.45, 2.75) is 52.1 Å². The summed E-state index contributed by atoms with van der Waals surface area (Å²) in [6.45, 7) is 10.9. The van der Waals surface area contributed by atoms with Gasteiger partial charge in [-0.3, -0.25) is 4.18 Å². The Kier molecular flexibility index (Phi) is 5.17. The van der Waals surface area contributed by atoms with Crippen LogP contribution in [0.4, 0.5) is 0 Å². The summed E-state index contributed by atoms with van der Waals surface area (Å²) in [5.74, 6) is 0.432. The Labute approximate surface area is 121 Å². The maximum atomic E-state index is 10.9. The van der Waals surface area contributed by atoms with Gasteiger partial charge in [0.2, 0.25) is 5.89 Å². The van der Waals surface area contributed by atoms with Crippen LogP contribution in [0.3, 0.4) is 0 Å². The van der Waals surface area contributed by atoms with Crippen LogP contribution < -0.4 is 0 Å². The fourth-order valence-electron chi connectivity index (χ4n) is 1.11. The van der Waals surface area contributed by atoms with Crippen LogP contribution in [-0.2, 0) is 31.9 Å². The van der Waals surface area contributed by atoms with Gasteiger partial charge in [0.25, 0.3) is 10.1 Å². The van der Waals surface area contributed by atoms with Crippen LogP contribution in [0.2, 0.25) is 18.1 Å². The molecule has 0 bridgehead atoms. The first-order chi connectivity index (χ1) is 8.91. The van der Waals surface area contributed by atoms with Crippen molar-refractivity contribution < 1.29 is 21.4 Å². The van der Waals surface area contributed by atoms with Crippen LogP contribution >= 0.6 is 0 Å². The molecule has 20 heavy (non-hydrogen) atoms. The molecule has 0 aliphatic heterocycles. The van der Waals surface area contributed by atoms with Crippen LogP contribution in [0.5, 0.6) is 0 Å². The molecule has 1 heterocycles. The van der Waals surface area contributed by atoms with Crippen molar-refractivity contribution in [3.8, 4) is 0 Å². The summed E-state index contributed by atoms with van der Waals surface area (Å²) in [5.41, 5.74) is 0.434. The molecule has 8 heteroatoms. The van der Waals surface area contributed by atoms with Crippen LogP contribution in [0.1, 0.15) is 32.4 Å². The van der Waals surface area contributed by atoms with Gasteiger partial charge in [0.05, 0.1) is 6.26 Å². The van der Waals surface area contributed by atoms with Gasteiger partial charge in [0, 0.05) is 0 Å². The molecule has 0 aliphatic carbocycles. The van der Waals surface area contributed by atoms with Gasteiger partial charge in [0.15, 0.2) is 8.32 Å². The summed E-state index contributed by atoms with van der Waals surface area (Å²) in [4.78, 5) is 4.14. The SMILES string of the molecule is CC(C)(C)[Si](C)(C)OCc1nc(COS(C)(=O)=O)co1. The van der Waals surface area contributed by atoms with E-state index in [0.29, 0.717) is 11.6 Å². The zero-order valence-corrected chi connectivity index (χ0v) is 14.7. The molecule has 0 unspecified atom stereocenters. The Morgan fingerprint density at radius 3 is 2.40 bits per heavy atom. The van der Waals surface area contributed by atoms with Crippen LogP contribution in [0.15, 0.2) is 10.7 Å². The Balaban J connectivity index is 2.57. The van der Waals surface area contributed by atoms with Crippen molar-refractivity contribution in [3.63, 3.8) is 0 Å². The largest absolute Gasteiger partial charge is 0.446 e. The molecule has 0 aromatic carbocycles. The lowest BCUT2D eigenvalue weighted by atomic mass is 10.2. The maximum Gasteiger partial charge on any atom is 0.264 e. The van der Waals surface area contributed by atoms with Gasteiger partial charge in [-0.15, -0.1) is 0 Å². The zero-order valence-electron chi connectivity index (χ0n) is 12.9. The zero-order chi connectivity index (χ0) is 15.6. The molecule has 1 aromatic heterocycles. The van der Waals surface area contributed by atoms with E-state index in [0.717, 1.165) is 6.26 Å². The van der Waals surface area contributed by atoms with Gasteiger partial charge in [-0.2, -0.15) is 8.42 Å². The fraction of sp³-hybridized carbons (Fsp3) is 0.750. The van der Waals surface area contributed by atoms with E-state index < -0.39 is 18.4 Å². The molecular formula is C12H23NO5SSi. The fourth-order valence-corrected chi connectivity index (χ4v) is 2.36. The molecule has 0 fully saturated rings. The lowest BCUT2D eigenvalue weighted by Gasteiger charge is -2.35. The Bertz CT molecular complexity index is 544. The van der Waals surface area contributed by atoms with E-state index in [1.807, 2.05) is 0 Å². The van der Waals surface area contributed by atoms with Crippen molar-refractivity contribution in [2.24, 2.45) is 0 Å². The standard InChI is InChI=1S/C12H23NO5SSi/c1-12(2,3)20(5,6)18-9-11-13-10(7-16-11)8-17-19(4,14)15/h7H,8-9H2,1-6H3. The highest BCUT2D eigenvalue weighted by Crippen LogP contribution is 2.36. The van der Waals surface area contributed by atoms with E-state index >= 15 is 0 Å². The number of hydrogen-bond donors (Lipinski definition) is 0. The summed E-state index contributed by atoms with van der Waals surface area (Å²) < 4.78 is 37.6. The van der Waals surface area contributed by atoms with Gasteiger partial charge in [-0.05, 0) is 18.1 Å². The smallest absolute Gasteiger partial charge is 0.264 e. The second-order valence-electron chi connectivity index (χ2n) is 6.25. The van der Waals surface area contributed by atoms with Crippen LogP contribution in [0, 0.1) is 0 Å². The van der Waals surface area contributed by atoms with Crippen LogP contribution in [-0.4, -0.2) is 28.0 Å². The van der Waals surface area contributed by atoms with Crippen molar-refractivity contribution >= 4 is 18.4 Å². The highest BCUT2D eigenvalue weighted by molar-refractivity contribution is 7.85. The highest BCUT2D eigenvalue weighted by Gasteiger charge is 2.37. The number of rotatable bonds is 6.